The van der Waals surface area contributed by atoms with Gasteiger partial charge in [-0.25, -0.2) is 13.1 Å². The normalized spacial score (nSPS) is 12.5. The molecule has 1 aromatic carbocycles. The second-order valence-electron chi connectivity index (χ2n) is 6.35. The number of hydrogen-bond donors (Lipinski definition) is 0. The van der Waals surface area contributed by atoms with Crippen LogP contribution < -0.4 is 4.90 Å². The summed E-state index contributed by atoms with van der Waals surface area (Å²) in [6, 6.07) is 1.89. The zero-order valence-corrected chi connectivity index (χ0v) is 19.3. The van der Waals surface area contributed by atoms with Gasteiger partial charge >= 0.3 is 11.7 Å². The first-order chi connectivity index (χ1) is 15.5. The molecule has 0 spiro atoms. The van der Waals surface area contributed by atoms with E-state index in [2.05, 4.69) is 5.10 Å². The second kappa shape index (κ2) is 9.61. The van der Waals surface area contributed by atoms with Gasteiger partial charge in [-0.2, -0.15) is 36.7 Å². The van der Waals surface area contributed by atoms with E-state index >= 15 is 0 Å². The molecule has 2 rings (SSSR count). The molecule has 0 fully saturated rings. The number of hydrogen-bond acceptors (Lipinski definition) is 6. The van der Waals surface area contributed by atoms with Crippen molar-refractivity contribution in [3.63, 3.8) is 0 Å². The summed E-state index contributed by atoms with van der Waals surface area (Å²) in [5, 5.41) is 11.1. The number of anilines is 1. The molecule has 8 nitrogen and oxygen atoms in total. The Morgan fingerprint density at radius 1 is 1.21 bits per heavy atom. The summed E-state index contributed by atoms with van der Waals surface area (Å²) in [6.07, 6.45) is -4.91. The van der Waals surface area contributed by atoms with Crippen LogP contribution in [0.15, 0.2) is 17.0 Å². The van der Waals surface area contributed by atoms with E-state index in [-0.39, 0.29) is 11.3 Å². The minimum absolute atomic E-state index is 0.00650. The summed E-state index contributed by atoms with van der Waals surface area (Å²) in [5.74, 6) is -2.22. The fourth-order valence-electron chi connectivity index (χ4n) is 2.62. The molecule has 2 aromatic rings. The second-order valence-corrected chi connectivity index (χ2v) is 9.04. The van der Waals surface area contributed by atoms with Crippen molar-refractivity contribution in [1.82, 2.24) is 9.78 Å². The first-order valence-corrected chi connectivity index (χ1v) is 11.0. The van der Waals surface area contributed by atoms with Crippen molar-refractivity contribution >= 4 is 44.8 Å². The number of ether oxygens (including phenoxy) is 1. The van der Waals surface area contributed by atoms with Gasteiger partial charge in [-0.1, -0.05) is 23.2 Å². The van der Waals surface area contributed by atoms with E-state index in [1.165, 1.54) is 13.0 Å². The Kier molecular flexibility index (Phi) is 7.83. The van der Waals surface area contributed by atoms with E-state index in [4.69, 9.17) is 27.9 Å². The van der Waals surface area contributed by atoms with Crippen LogP contribution in [0.25, 0.3) is 5.69 Å². The van der Waals surface area contributed by atoms with Gasteiger partial charge in [0.2, 0.25) is 0 Å². The largest absolute Gasteiger partial charge is 0.502 e. The van der Waals surface area contributed by atoms with Gasteiger partial charge in [0.1, 0.15) is 18.4 Å². The van der Waals surface area contributed by atoms with Gasteiger partial charge in [-0.3, -0.25) is 9.69 Å². The Morgan fingerprint density at radius 2 is 1.74 bits per heavy atom. The van der Waals surface area contributed by atoms with Gasteiger partial charge in [0.05, 0.1) is 15.6 Å². The molecule has 1 heterocycles. The number of sulfone groups is 1. The lowest BCUT2D eigenvalue weighted by molar-refractivity contribution is -0.137. The number of aromatic nitrogens is 2. The van der Waals surface area contributed by atoms with Crippen LogP contribution in [0.5, 0.6) is 0 Å². The van der Waals surface area contributed by atoms with Gasteiger partial charge < -0.3 is 4.74 Å². The SMILES string of the molecule is CCOCC(=O)N(C)c1c(S(=O)(=O)C(F)(F)F)c(C#N)nn1-c1c(Cl)cc(C(F)(F)F)cc1Cl. The summed E-state index contributed by atoms with van der Waals surface area (Å²) in [4.78, 5) is 11.1. The molecule has 0 aliphatic heterocycles. The number of nitrogens with zero attached hydrogens (tertiary/aromatic N) is 4. The maximum atomic E-state index is 13.4. The van der Waals surface area contributed by atoms with Crippen LogP contribution in [0.4, 0.5) is 32.2 Å². The molecule has 0 unspecified atom stereocenters. The molecule has 0 atom stereocenters. The summed E-state index contributed by atoms with van der Waals surface area (Å²) in [5.41, 5.74) is -9.28. The summed E-state index contributed by atoms with van der Waals surface area (Å²) in [7, 11) is -5.46. The Bertz CT molecular complexity index is 1250. The molecule has 17 heteroatoms. The maximum Gasteiger partial charge on any atom is 0.502 e. The third-order valence-corrected chi connectivity index (χ3v) is 6.27. The predicted molar refractivity (Wildman–Crippen MR) is 106 cm³/mol. The summed E-state index contributed by atoms with van der Waals surface area (Å²) < 4.78 is 109. The molecule has 0 bridgehead atoms. The molecule has 1 amide bonds. The lowest BCUT2D eigenvalue weighted by Gasteiger charge is -2.22. The quantitative estimate of drug-likeness (QED) is 0.493. The molecule has 1 aromatic heterocycles. The third kappa shape index (κ3) is 5.09. The number of likely N-dealkylation sites (N-methyl/N-ethyl adjacent to an activating group) is 1. The Hall–Kier alpha value is -2.54. The number of nitriles is 1. The Balaban J connectivity index is 2.99. The van der Waals surface area contributed by atoms with Crippen LogP contribution in [0, 0.1) is 11.3 Å². The molecule has 34 heavy (non-hydrogen) atoms. The average molecular weight is 553 g/mol. The van der Waals surface area contributed by atoms with E-state index in [1.807, 2.05) is 0 Å². The number of alkyl halides is 6. The minimum atomic E-state index is -6.30. The zero-order valence-electron chi connectivity index (χ0n) is 16.9. The topological polar surface area (TPSA) is 105 Å². The first kappa shape index (κ1) is 27.7. The van der Waals surface area contributed by atoms with Crippen LogP contribution in [0.1, 0.15) is 18.2 Å². The molecule has 0 saturated heterocycles. The van der Waals surface area contributed by atoms with E-state index < -0.39 is 71.7 Å². The number of amides is 1. The predicted octanol–water partition coefficient (Wildman–Crippen LogP) is 4.36. The Morgan fingerprint density at radius 3 is 2.15 bits per heavy atom. The average Bonchev–Trinajstić information content (AvgIpc) is 3.09. The molecule has 0 aliphatic rings. The van der Waals surface area contributed by atoms with Crippen molar-refractivity contribution < 1.29 is 44.3 Å². The van der Waals surface area contributed by atoms with Crippen LogP contribution >= 0.6 is 23.2 Å². The van der Waals surface area contributed by atoms with Crippen molar-refractivity contribution in [1.29, 1.82) is 5.26 Å². The van der Waals surface area contributed by atoms with Crippen LogP contribution in [-0.2, 0) is 25.5 Å². The molecule has 0 aliphatic carbocycles. The maximum absolute atomic E-state index is 13.4. The highest BCUT2D eigenvalue weighted by Crippen LogP contribution is 2.43. The molecule has 0 radical (unpaired) electrons. The Labute approximate surface area is 198 Å². The van der Waals surface area contributed by atoms with E-state index in [0.717, 1.165) is 7.05 Å². The standard InChI is InChI=1S/C17H12Cl2F6N4O4S/c1-3-33-7-12(30)28(2)15-14(34(31,32)17(23,24)25)11(6-26)27-29(15)13-9(18)4-8(5-10(13)19)16(20,21)22/h4-5H,3,7H2,1-2H3. The molecule has 0 N–H and O–H groups in total. The first-order valence-electron chi connectivity index (χ1n) is 8.74. The van der Waals surface area contributed by atoms with Crippen LogP contribution in [-0.4, -0.2) is 49.9 Å². The number of carbonyl (C=O) groups is 1. The van der Waals surface area contributed by atoms with E-state index in [9.17, 15) is 44.8 Å². The van der Waals surface area contributed by atoms with Gasteiger partial charge in [-0.05, 0) is 19.1 Å². The summed E-state index contributed by atoms with van der Waals surface area (Å²) >= 11 is 11.8. The molecular weight excluding hydrogens is 541 g/mol. The van der Waals surface area contributed by atoms with E-state index in [1.54, 1.807) is 0 Å². The number of halogens is 8. The highest BCUT2D eigenvalue weighted by atomic mass is 35.5. The number of rotatable bonds is 6. The highest BCUT2D eigenvalue weighted by Gasteiger charge is 2.52. The van der Waals surface area contributed by atoms with Crippen LogP contribution in [0.2, 0.25) is 10.0 Å². The zero-order chi connectivity index (χ0) is 26.2. The van der Waals surface area contributed by atoms with E-state index in [0.29, 0.717) is 17.0 Å². The fourth-order valence-corrected chi connectivity index (χ4v) is 4.30. The lowest BCUT2D eigenvalue weighted by atomic mass is 10.2. The third-order valence-electron chi connectivity index (χ3n) is 4.18. The lowest BCUT2D eigenvalue weighted by Crippen LogP contribution is -2.34. The van der Waals surface area contributed by atoms with Crippen molar-refractivity contribution in [2.45, 2.75) is 23.5 Å². The van der Waals surface area contributed by atoms with Gasteiger partial charge in [0.25, 0.3) is 15.7 Å². The van der Waals surface area contributed by atoms with Gasteiger partial charge in [-0.15, -0.1) is 0 Å². The van der Waals surface area contributed by atoms with Crippen molar-refractivity contribution in [3.8, 4) is 11.8 Å². The van der Waals surface area contributed by atoms with Crippen molar-refractivity contribution in [3.05, 3.63) is 33.4 Å². The van der Waals surface area contributed by atoms with Crippen LogP contribution in [0.3, 0.4) is 0 Å². The van der Waals surface area contributed by atoms with Gasteiger partial charge in [0, 0.05) is 13.7 Å². The van der Waals surface area contributed by atoms with Gasteiger partial charge in [0.15, 0.2) is 16.4 Å². The monoisotopic (exact) mass is 552 g/mol. The highest BCUT2D eigenvalue weighted by molar-refractivity contribution is 7.92. The molecule has 0 saturated carbocycles. The smallest absolute Gasteiger partial charge is 0.372 e. The minimum Gasteiger partial charge on any atom is -0.372 e. The van der Waals surface area contributed by atoms with Crippen molar-refractivity contribution in [2.24, 2.45) is 0 Å². The fraction of sp³-hybridized carbons (Fsp3) is 0.353. The molecule has 186 valence electrons. The molecular formula is C17H12Cl2F6N4O4S. The number of carbonyl (C=O) groups excluding carboxylic acids is 1. The summed E-state index contributed by atoms with van der Waals surface area (Å²) in [6.45, 7) is 0.777. The number of benzene rings is 1. The van der Waals surface area contributed by atoms with Crippen molar-refractivity contribution in [2.75, 3.05) is 25.2 Å².